The van der Waals surface area contributed by atoms with E-state index in [-0.39, 0.29) is 6.04 Å². The Labute approximate surface area is 143 Å². The normalized spacial score (nSPS) is 12.5. The van der Waals surface area contributed by atoms with Crippen molar-refractivity contribution in [1.82, 2.24) is 0 Å². The first-order valence-corrected chi connectivity index (χ1v) is 8.27. The van der Waals surface area contributed by atoms with Crippen molar-refractivity contribution in [2.75, 3.05) is 0 Å². The Morgan fingerprint density at radius 1 is 0.952 bits per heavy atom. The molecule has 0 bridgehead atoms. The van der Waals surface area contributed by atoms with Gasteiger partial charge in [0.25, 0.3) is 0 Å². The summed E-state index contributed by atoms with van der Waals surface area (Å²) in [4.78, 5) is 0. The highest BCUT2D eigenvalue weighted by molar-refractivity contribution is 14.1. The van der Waals surface area contributed by atoms with E-state index in [1.54, 1.807) is 0 Å². The van der Waals surface area contributed by atoms with E-state index < -0.39 is 0 Å². The highest BCUT2D eigenvalue weighted by Crippen LogP contribution is 2.26. The third kappa shape index (κ3) is 3.39. The van der Waals surface area contributed by atoms with E-state index in [4.69, 9.17) is 17.3 Å². The first kappa shape index (κ1) is 14.8. The Hall–Kier alpha value is -1.10. The maximum absolute atomic E-state index is 6.38. The predicted octanol–water partition coefficient (Wildman–Crippen LogP) is 5.34. The molecule has 0 aliphatic heterocycles. The molecule has 3 aromatic carbocycles. The summed E-state index contributed by atoms with van der Waals surface area (Å²) in [5.41, 5.74) is 8.73. The second kappa shape index (κ2) is 6.34. The third-order valence-corrected chi connectivity index (χ3v) is 4.84. The lowest BCUT2D eigenvalue weighted by atomic mass is 9.98. The minimum Gasteiger partial charge on any atom is -0.324 e. The van der Waals surface area contributed by atoms with E-state index in [0.29, 0.717) is 0 Å². The summed E-state index contributed by atoms with van der Waals surface area (Å²) >= 11 is 8.39. The summed E-state index contributed by atoms with van der Waals surface area (Å²) in [5, 5.41) is 3.24. The largest absolute Gasteiger partial charge is 0.324 e. The molecule has 0 saturated heterocycles. The second-order valence-electron chi connectivity index (χ2n) is 5.16. The zero-order chi connectivity index (χ0) is 14.8. The average Bonchev–Trinajstić information content (AvgIpc) is 2.49. The van der Waals surface area contributed by atoms with Crippen molar-refractivity contribution in [3.8, 4) is 0 Å². The van der Waals surface area contributed by atoms with Crippen molar-refractivity contribution in [3.63, 3.8) is 0 Å². The molecule has 0 fully saturated rings. The topological polar surface area (TPSA) is 26.0 Å². The van der Waals surface area contributed by atoms with Crippen LogP contribution >= 0.6 is 34.2 Å². The van der Waals surface area contributed by atoms with Gasteiger partial charge in [-0.2, -0.15) is 0 Å². The van der Waals surface area contributed by atoms with Crippen LogP contribution in [-0.4, -0.2) is 0 Å². The molecular formula is C18H15ClIN. The molecule has 0 radical (unpaired) electrons. The number of benzene rings is 3. The fourth-order valence-corrected chi connectivity index (χ4v) is 3.44. The van der Waals surface area contributed by atoms with Crippen LogP contribution in [-0.2, 0) is 6.42 Å². The highest BCUT2D eigenvalue weighted by atomic mass is 127. The van der Waals surface area contributed by atoms with Crippen LogP contribution < -0.4 is 5.73 Å². The predicted molar refractivity (Wildman–Crippen MR) is 98.7 cm³/mol. The molecule has 21 heavy (non-hydrogen) atoms. The van der Waals surface area contributed by atoms with Crippen molar-refractivity contribution in [1.29, 1.82) is 0 Å². The van der Waals surface area contributed by atoms with Gasteiger partial charge in [0.15, 0.2) is 0 Å². The van der Waals surface area contributed by atoms with Crippen molar-refractivity contribution in [2.24, 2.45) is 5.73 Å². The van der Waals surface area contributed by atoms with Crippen LogP contribution in [0, 0.1) is 3.57 Å². The van der Waals surface area contributed by atoms with Gasteiger partial charge < -0.3 is 5.73 Å². The van der Waals surface area contributed by atoms with Gasteiger partial charge in [-0.1, -0.05) is 54.1 Å². The van der Waals surface area contributed by atoms with Crippen LogP contribution in [0.15, 0.2) is 60.7 Å². The molecule has 1 unspecified atom stereocenters. The van der Waals surface area contributed by atoms with E-state index >= 15 is 0 Å². The summed E-state index contributed by atoms with van der Waals surface area (Å²) in [5.74, 6) is 0. The fourth-order valence-electron chi connectivity index (χ4n) is 2.53. The van der Waals surface area contributed by atoms with Crippen LogP contribution in [0.5, 0.6) is 0 Å². The van der Waals surface area contributed by atoms with E-state index in [0.717, 1.165) is 20.6 Å². The van der Waals surface area contributed by atoms with Gasteiger partial charge in [0.2, 0.25) is 0 Å². The lowest BCUT2D eigenvalue weighted by molar-refractivity contribution is 0.719. The molecule has 0 amide bonds. The maximum Gasteiger partial charge on any atom is 0.0410 e. The highest BCUT2D eigenvalue weighted by Gasteiger charge is 2.11. The number of fused-ring (bicyclic) bond motifs is 1. The van der Waals surface area contributed by atoms with Crippen LogP contribution in [0.4, 0.5) is 0 Å². The van der Waals surface area contributed by atoms with E-state index in [1.807, 2.05) is 18.2 Å². The molecule has 2 N–H and O–H groups in total. The summed E-state index contributed by atoms with van der Waals surface area (Å²) < 4.78 is 1.16. The molecule has 0 heterocycles. The molecule has 0 spiro atoms. The smallest absolute Gasteiger partial charge is 0.0410 e. The van der Waals surface area contributed by atoms with Gasteiger partial charge in [0, 0.05) is 14.6 Å². The van der Waals surface area contributed by atoms with Crippen LogP contribution in [0.25, 0.3) is 10.8 Å². The number of halogens is 2. The summed E-state index contributed by atoms with van der Waals surface area (Å²) in [6.07, 6.45) is 0.807. The lowest BCUT2D eigenvalue weighted by Crippen LogP contribution is -2.14. The SMILES string of the molecule is NC(Cc1ccc2ccccc2c1)c1cc(Cl)ccc1I. The molecule has 3 rings (SSSR count). The quantitative estimate of drug-likeness (QED) is 0.583. The summed E-state index contributed by atoms with van der Waals surface area (Å²) in [6, 6.07) is 20.7. The second-order valence-corrected chi connectivity index (χ2v) is 6.76. The number of nitrogens with two attached hydrogens (primary N) is 1. The molecule has 3 heteroatoms. The summed E-state index contributed by atoms with van der Waals surface area (Å²) in [6.45, 7) is 0. The van der Waals surface area contributed by atoms with E-state index in [1.165, 1.54) is 16.3 Å². The molecule has 1 atom stereocenters. The standard InChI is InChI=1S/C18H15ClIN/c19-15-7-8-17(20)16(11-15)18(21)10-12-5-6-13-3-1-2-4-14(13)9-12/h1-9,11,18H,10,21H2. The molecule has 3 aromatic rings. The average molecular weight is 408 g/mol. The van der Waals surface area contributed by atoms with Crippen molar-refractivity contribution >= 4 is 45.0 Å². The van der Waals surface area contributed by atoms with Crippen molar-refractivity contribution < 1.29 is 0 Å². The number of hydrogen-bond acceptors (Lipinski definition) is 1. The third-order valence-electron chi connectivity index (χ3n) is 3.63. The number of rotatable bonds is 3. The van der Waals surface area contributed by atoms with Gasteiger partial charge >= 0.3 is 0 Å². The zero-order valence-corrected chi connectivity index (χ0v) is 14.3. The van der Waals surface area contributed by atoms with E-state index in [9.17, 15) is 0 Å². The molecule has 1 nitrogen and oxygen atoms in total. The minimum atomic E-state index is -0.0447. The summed E-state index contributed by atoms with van der Waals surface area (Å²) in [7, 11) is 0. The zero-order valence-electron chi connectivity index (χ0n) is 11.4. The monoisotopic (exact) mass is 407 g/mol. The van der Waals surface area contributed by atoms with Crippen LogP contribution in [0.2, 0.25) is 5.02 Å². The lowest BCUT2D eigenvalue weighted by Gasteiger charge is -2.15. The Morgan fingerprint density at radius 3 is 2.52 bits per heavy atom. The van der Waals surface area contributed by atoms with E-state index in [2.05, 4.69) is 65.1 Å². The van der Waals surface area contributed by atoms with Gasteiger partial charge in [0.05, 0.1) is 0 Å². The molecular weight excluding hydrogens is 393 g/mol. The fraction of sp³-hybridized carbons (Fsp3) is 0.111. The maximum atomic E-state index is 6.38. The van der Waals surface area contributed by atoms with Crippen LogP contribution in [0.3, 0.4) is 0 Å². The molecule has 0 saturated carbocycles. The first-order valence-electron chi connectivity index (χ1n) is 6.82. The molecule has 0 aliphatic carbocycles. The first-order chi connectivity index (χ1) is 10.1. The Bertz CT molecular complexity index is 785. The molecule has 106 valence electrons. The Kier molecular flexibility index (Phi) is 4.48. The van der Waals surface area contributed by atoms with Crippen molar-refractivity contribution in [3.05, 3.63) is 80.4 Å². The molecule has 0 aromatic heterocycles. The van der Waals surface area contributed by atoms with Gasteiger partial charge in [-0.3, -0.25) is 0 Å². The Morgan fingerprint density at radius 2 is 1.71 bits per heavy atom. The van der Waals surface area contributed by atoms with Gasteiger partial charge in [-0.15, -0.1) is 0 Å². The minimum absolute atomic E-state index is 0.0447. The number of hydrogen-bond donors (Lipinski definition) is 1. The Balaban J connectivity index is 1.88. The molecule has 0 aliphatic rings. The van der Waals surface area contributed by atoms with Crippen LogP contribution in [0.1, 0.15) is 17.2 Å². The van der Waals surface area contributed by atoms with Crippen molar-refractivity contribution in [2.45, 2.75) is 12.5 Å². The van der Waals surface area contributed by atoms with Gasteiger partial charge in [-0.25, -0.2) is 0 Å². The van der Waals surface area contributed by atoms with Gasteiger partial charge in [-0.05, 0) is 69.1 Å². The van der Waals surface area contributed by atoms with Gasteiger partial charge in [0.1, 0.15) is 0 Å².